The van der Waals surface area contributed by atoms with Gasteiger partial charge in [-0.2, -0.15) is 0 Å². The van der Waals surface area contributed by atoms with Crippen LogP contribution >= 0.6 is 23.4 Å². The van der Waals surface area contributed by atoms with Gasteiger partial charge in [0.1, 0.15) is 5.15 Å². The van der Waals surface area contributed by atoms with Crippen LogP contribution in [0.5, 0.6) is 0 Å². The Hall–Kier alpha value is -1.92. The molecule has 21 heavy (non-hydrogen) atoms. The highest BCUT2D eigenvalue weighted by Crippen LogP contribution is 2.23. The number of halogens is 1. The molecule has 5 nitrogen and oxygen atoms in total. The van der Waals surface area contributed by atoms with Crippen molar-refractivity contribution in [2.45, 2.75) is 17.5 Å². The Bertz CT molecular complexity index is 716. The predicted molar refractivity (Wildman–Crippen MR) is 82.2 cm³/mol. The standard InChI is InChI=1S/C14H12ClN5S/c15-13-12(7-4-8-16-13)10-21-14-17-18-19-20(14)9-11-5-2-1-3-6-11/h1-8H,9-10H2. The lowest BCUT2D eigenvalue weighted by atomic mass is 10.2. The van der Waals surface area contributed by atoms with E-state index in [1.54, 1.807) is 22.6 Å². The third-order valence-corrected chi connectivity index (χ3v) is 4.21. The second kappa shape index (κ2) is 6.69. The first kappa shape index (κ1) is 14.0. The molecule has 7 heteroatoms. The van der Waals surface area contributed by atoms with Crippen molar-refractivity contribution in [3.8, 4) is 0 Å². The van der Waals surface area contributed by atoms with E-state index in [-0.39, 0.29) is 0 Å². The van der Waals surface area contributed by atoms with E-state index >= 15 is 0 Å². The maximum absolute atomic E-state index is 6.05. The van der Waals surface area contributed by atoms with Crippen molar-refractivity contribution in [1.82, 2.24) is 25.2 Å². The third-order valence-electron chi connectivity index (χ3n) is 2.87. The van der Waals surface area contributed by atoms with Crippen molar-refractivity contribution in [1.29, 1.82) is 0 Å². The number of rotatable bonds is 5. The number of hydrogen-bond donors (Lipinski definition) is 0. The summed E-state index contributed by atoms with van der Waals surface area (Å²) in [7, 11) is 0. The van der Waals surface area contributed by atoms with E-state index in [4.69, 9.17) is 11.6 Å². The number of hydrogen-bond acceptors (Lipinski definition) is 5. The average molecular weight is 318 g/mol. The highest BCUT2D eigenvalue weighted by Gasteiger charge is 2.09. The Kier molecular flexibility index (Phi) is 4.47. The van der Waals surface area contributed by atoms with E-state index in [9.17, 15) is 0 Å². The molecule has 3 rings (SSSR count). The van der Waals surface area contributed by atoms with Gasteiger partial charge >= 0.3 is 0 Å². The van der Waals surface area contributed by atoms with Gasteiger partial charge in [-0.1, -0.05) is 59.8 Å². The molecule has 3 aromatic rings. The van der Waals surface area contributed by atoms with Gasteiger partial charge in [0, 0.05) is 11.9 Å². The molecule has 0 saturated heterocycles. The Balaban J connectivity index is 1.70. The van der Waals surface area contributed by atoms with Gasteiger partial charge in [-0.25, -0.2) is 9.67 Å². The molecule has 0 aliphatic rings. The molecule has 0 N–H and O–H groups in total. The summed E-state index contributed by atoms with van der Waals surface area (Å²) in [6, 6.07) is 13.9. The summed E-state index contributed by atoms with van der Waals surface area (Å²) in [6.45, 7) is 0.650. The summed E-state index contributed by atoms with van der Waals surface area (Å²) < 4.78 is 1.78. The van der Waals surface area contributed by atoms with Gasteiger partial charge < -0.3 is 0 Å². The summed E-state index contributed by atoms with van der Waals surface area (Å²) in [4.78, 5) is 4.06. The van der Waals surface area contributed by atoms with Gasteiger partial charge in [-0.05, 0) is 27.6 Å². The van der Waals surface area contributed by atoms with Gasteiger partial charge in [0.25, 0.3) is 0 Å². The fourth-order valence-corrected chi connectivity index (χ4v) is 2.95. The first-order valence-electron chi connectivity index (χ1n) is 6.35. The van der Waals surface area contributed by atoms with Gasteiger partial charge in [-0.3, -0.25) is 0 Å². The van der Waals surface area contributed by atoms with Gasteiger partial charge in [-0.15, -0.1) is 5.10 Å². The first-order valence-corrected chi connectivity index (χ1v) is 7.71. The Labute approximate surface area is 131 Å². The van der Waals surface area contributed by atoms with E-state index < -0.39 is 0 Å². The minimum Gasteiger partial charge on any atom is -0.244 e. The number of tetrazole rings is 1. The lowest BCUT2D eigenvalue weighted by Crippen LogP contribution is -2.03. The maximum Gasteiger partial charge on any atom is 0.209 e. The summed E-state index contributed by atoms with van der Waals surface area (Å²) >= 11 is 7.59. The van der Waals surface area contributed by atoms with Crippen LogP contribution in [0.15, 0.2) is 53.8 Å². The van der Waals surface area contributed by atoms with Crippen LogP contribution in [0.4, 0.5) is 0 Å². The van der Waals surface area contributed by atoms with Crippen molar-refractivity contribution >= 4 is 23.4 Å². The van der Waals surface area contributed by atoms with Crippen LogP contribution in [0.1, 0.15) is 11.1 Å². The zero-order valence-electron chi connectivity index (χ0n) is 11.1. The fourth-order valence-electron chi connectivity index (χ4n) is 1.82. The molecule has 2 aromatic heterocycles. The molecule has 0 saturated carbocycles. The van der Waals surface area contributed by atoms with Gasteiger partial charge in [0.05, 0.1) is 6.54 Å². The maximum atomic E-state index is 6.05. The van der Waals surface area contributed by atoms with Crippen LogP contribution in [0.25, 0.3) is 0 Å². The molecule has 0 amide bonds. The molecule has 0 aliphatic carbocycles. The number of thioether (sulfide) groups is 1. The van der Waals surface area contributed by atoms with Crippen molar-refractivity contribution in [3.05, 3.63) is 64.9 Å². The summed E-state index contributed by atoms with van der Waals surface area (Å²) in [6.07, 6.45) is 1.68. The topological polar surface area (TPSA) is 56.5 Å². The Morgan fingerprint density at radius 2 is 1.95 bits per heavy atom. The predicted octanol–water partition coefficient (Wildman–Crippen LogP) is 3.06. The molecule has 2 heterocycles. The minimum absolute atomic E-state index is 0.520. The van der Waals surface area contributed by atoms with E-state index in [0.717, 1.165) is 16.3 Å². The number of benzene rings is 1. The van der Waals surface area contributed by atoms with Crippen LogP contribution in [-0.2, 0) is 12.3 Å². The lowest BCUT2D eigenvalue weighted by molar-refractivity contribution is 0.603. The molecule has 0 radical (unpaired) electrons. The van der Waals surface area contributed by atoms with E-state index in [0.29, 0.717) is 17.5 Å². The second-order valence-electron chi connectivity index (χ2n) is 4.35. The highest BCUT2D eigenvalue weighted by atomic mass is 35.5. The van der Waals surface area contributed by atoms with Gasteiger partial charge in [0.15, 0.2) is 0 Å². The van der Waals surface area contributed by atoms with Crippen LogP contribution < -0.4 is 0 Å². The van der Waals surface area contributed by atoms with Crippen molar-refractivity contribution in [2.75, 3.05) is 0 Å². The second-order valence-corrected chi connectivity index (χ2v) is 5.65. The molecule has 1 aromatic carbocycles. The summed E-state index contributed by atoms with van der Waals surface area (Å²) in [5.41, 5.74) is 2.13. The quantitative estimate of drug-likeness (QED) is 0.534. The van der Waals surface area contributed by atoms with E-state index in [1.807, 2.05) is 42.5 Å². The van der Waals surface area contributed by atoms with Crippen molar-refractivity contribution in [3.63, 3.8) is 0 Å². The Morgan fingerprint density at radius 1 is 1.10 bits per heavy atom. The fraction of sp³-hybridized carbons (Fsp3) is 0.143. The molecular weight excluding hydrogens is 306 g/mol. The van der Waals surface area contributed by atoms with Gasteiger partial charge in [0.2, 0.25) is 5.16 Å². The number of aromatic nitrogens is 5. The zero-order valence-corrected chi connectivity index (χ0v) is 12.6. The van der Waals surface area contributed by atoms with Crippen molar-refractivity contribution < 1.29 is 0 Å². The molecule has 0 unspecified atom stereocenters. The smallest absolute Gasteiger partial charge is 0.209 e. The molecular formula is C14H12ClN5S. The normalized spacial score (nSPS) is 10.7. The highest BCUT2D eigenvalue weighted by molar-refractivity contribution is 7.98. The Morgan fingerprint density at radius 3 is 2.76 bits per heavy atom. The molecule has 106 valence electrons. The number of nitrogens with zero attached hydrogens (tertiary/aromatic N) is 5. The third kappa shape index (κ3) is 3.59. The van der Waals surface area contributed by atoms with E-state index in [2.05, 4.69) is 20.5 Å². The van der Waals surface area contributed by atoms with Crippen LogP contribution in [-0.4, -0.2) is 25.2 Å². The molecule has 0 spiro atoms. The minimum atomic E-state index is 0.520. The van der Waals surface area contributed by atoms with Crippen molar-refractivity contribution in [2.24, 2.45) is 0 Å². The van der Waals surface area contributed by atoms with E-state index in [1.165, 1.54) is 0 Å². The molecule has 0 fully saturated rings. The van der Waals surface area contributed by atoms with Crippen LogP contribution in [0, 0.1) is 0 Å². The molecule has 0 bridgehead atoms. The monoisotopic (exact) mass is 317 g/mol. The summed E-state index contributed by atoms with van der Waals surface area (Å²) in [5, 5.41) is 13.1. The average Bonchev–Trinajstić information content (AvgIpc) is 2.95. The molecule has 0 aliphatic heterocycles. The first-order chi connectivity index (χ1) is 10.3. The SMILES string of the molecule is Clc1ncccc1CSc1nnnn1Cc1ccccc1. The number of pyridine rings is 1. The van der Waals surface area contributed by atoms with Crippen LogP contribution in [0.3, 0.4) is 0 Å². The van der Waals surface area contributed by atoms with Crippen LogP contribution in [0.2, 0.25) is 5.15 Å². The lowest BCUT2D eigenvalue weighted by Gasteiger charge is -2.05. The molecule has 0 atom stereocenters. The summed E-state index contributed by atoms with van der Waals surface area (Å²) in [5.74, 6) is 0.682. The largest absolute Gasteiger partial charge is 0.244 e. The zero-order chi connectivity index (χ0) is 14.5.